The van der Waals surface area contributed by atoms with Gasteiger partial charge in [0.15, 0.2) is 11.5 Å². The normalized spacial score (nSPS) is 13.6. The number of ether oxygens (including phenoxy) is 2. The Kier molecular flexibility index (Phi) is 2.39. The van der Waals surface area contributed by atoms with Crippen molar-refractivity contribution < 1.29 is 9.47 Å². The van der Waals surface area contributed by atoms with Crippen LogP contribution >= 0.6 is 0 Å². The van der Waals surface area contributed by atoms with E-state index in [0.717, 1.165) is 30.0 Å². The molecule has 1 heterocycles. The number of hydrogen-bond donors (Lipinski definition) is 0. The maximum atomic E-state index is 5.22. The summed E-state index contributed by atoms with van der Waals surface area (Å²) >= 11 is 0. The van der Waals surface area contributed by atoms with E-state index in [2.05, 4.69) is 11.2 Å². The van der Waals surface area contributed by atoms with Crippen LogP contribution < -0.4 is 9.47 Å². The van der Waals surface area contributed by atoms with Crippen molar-refractivity contribution in [1.82, 2.24) is 0 Å². The molecule has 0 amide bonds. The molecule has 0 spiro atoms. The van der Waals surface area contributed by atoms with Gasteiger partial charge in [0, 0.05) is 12.1 Å². The topological polar surface area (TPSA) is 30.8 Å². The molecule has 0 saturated heterocycles. The Morgan fingerprint density at radius 2 is 1.93 bits per heavy atom. The van der Waals surface area contributed by atoms with Crippen molar-refractivity contribution in [2.75, 3.05) is 20.8 Å². The molecule has 1 aromatic rings. The summed E-state index contributed by atoms with van der Waals surface area (Å²) in [5, 5.41) is 0. The van der Waals surface area contributed by atoms with E-state index >= 15 is 0 Å². The first-order valence-electron chi connectivity index (χ1n) is 4.52. The van der Waals surface area contributed by atoms with Gasteiger partial charge in [0.25, 0.3) is 0 Å². The van der Waals surface area contributed by atoms with Crippen LogP contribution in [0.15, 0.2) is 17.1 Å². The molecule has 73 valence electrons. The molecule has 1 aliphatic rings. The van der Waals surface area contributed by atoms with E-state index in [1.807, 2.05) is 12.1 Å². The molecule has 0 aliphatic carbocycles. The number of benzene rings is 1. The highest BCUT2D eigenvalue weighted by atomic mass is 16.5. The molecule has 1 aromatic carbocycles. The lowest BCUT2D eigenvalue weighted by molar-refractivity contribution is 0.354. The second-order valence-corrected chi connectivity index (χ2v) is 3.11. The maximum Gasteiger partial charge on any atom is 0.161 e. The van der Waals surface area contributed by atoms with Crippen LogP contribution in [0.4, 0.5) is 0 Å². The van der Waals surface area contributed by atoms with E-state index < -0.39 is 0 Å². The zero-order chi connectivity index (χ0) is 9.97. The molecule has 0 N–H and O–H groups in total. The van der Waals surface area contributed by atoms with E-state index in [-0.39, 0.29) is 0 Å². The lowest BCUT2D eigenvalue weighted by Crippen LogP contribution is -2.04. The fraction of sp³-hybridized carbons (Fsp3) is 0.364. The van der Waals surface area contributed by atoms with Gasteiger partial charge < -0.3 is 9.47 Å². The summed E-state index contributed by atoms with van der Waals surface area (Å²) in [4.78, 5) is 4.10. The van der Waals surface area contributed by atoms with Crippen LogP contribution in [0.3, 0.4) is 0 Å². The van der Waals surface area contributed by atoms with Gasteiger partial charge in [0.1, 0.15) is 0 Å². The molecule has 2 rings (SSSR count). The van der Waals surface area contributed by atoms with Crippen LogP contribution in [-0.2, 0) is 6.42 Å². The van der Waals surface area contributed by atoms with E-state index in [4.69, 9.17) is 9.47 Å². The first-order chi connectivity index (χ1) is 6.85. The Bertz CT molecular complexity index is 372. The van der Waals surface area contributed by atoms with E-state index in [9.17, 15) is 0 Å². The monoisotopic (exact) mass is 190 g/mol. The Hall–Kier alpha value is -1.51. The zero-order valence-corrected chi connectivity index (χ0v) is 8.33. The van der Waals surface area contributed by atoms with Gasteiger partial charge in [0.05, 0.1) is 20.4 Å². The number of methoxy groups -OCH3 is 2. The Balaban J connectivity index is 2.50. The average Bonchev–Trinajstić information content (AvgIpc) is 2.27. The number of fused-ring (bicyclic) bond motifs is 1. The summed E-state index contributed by atoms with van der Waals surface area (Å²) in [6.45, 7) is 0.808. The Morgan fingerprint density at radius 1 is 1.21 bits per heavy atom. The SMILES string of the molecule is COc1cc2c(cc1OC)CCN=[C]2. The van der Waals surface area contributed by atoms with Gasteiger partial charge in [-0.3, -0.25) is 4.99 Å². The molecular weight excluding hydrogens is 178 g/mol. The average molecular weight is 190 g/mol. The van der Waals surface area contributed by atoms with Crippen molar-refractivity contribution in [2.24, 2.45) is 4.99 Å². The highest BCUT2D eigenvalue weighted by Gasteiger charge is 2.12. The predicted molar refractivity (Wildman–Crippen MR) is 54.7 cm³/mol. The molecule has 3 heteroatoms. The lowest BCUT2D eigenvalue weighted by Gasteiger charge is -2.13. The van der Waals surface area contributed by atoms with Crippen LogP contribution in [0, 0.1) is 0 Å². The van der Waals surface area contributed by atoms with E-state index in [0.29, 0.717) is 0 Å². The molecular formula is C11H12NO2. The predicted octanol–water partition coefficient (Wildman–Crippen LogP) is 1.56. The van der Waals surface area contributed by atoms with Gasteiger partial charge in [-0.15, -0.1) is 0 Å². The number of hydrogen-bond acceptors (Lipinski definition) is 3. The van der Waals surface area contributed by atoms with E-state index in [1.165, 1.54) is 5.56 Å². The third-order valence-electron chi connectivity index (χ3n) is 2.30. The molecule has 14 heavy (non-hydrogen) atoms. The summed E-state index contributed by atoms with van der Waals surface area (Å²) in [6, 6.07) is 3.91. The molecule has 1 radical (unpaired) electrons. The molecule has 0 bridgehead atoms. The molecule has 3 nitrogen and oxygen atoms in total. The van der Waals surface area contributed by atoms with E-state index in [1.54, 1.807) is 14.2 Å². The molecule has 0 unspecified atom stereocenters. The molecule has 0 atom stereocenters. The third-order valence-corrected chi connectivity index (χ3v) is 2.30. The first-order valence-corrected chi connectivity index (χ1v) is 4.52. The fourth-order valence-electron chi connectivity index (χ4n) is 1.55. The summed E-state index contributed by atoms with van der Waals surface area (Å²) in [7, 11) is 3.27. The second-order valence-electron chi connectivity index (χ2n) is 3.11. The van der Waals surface area contributed by atoms with Crippen molar-refractivity contribution in [3.05, 3.63) is 23.3 Å². The zero-order valence-electron chi connectivity index (χ0n) is 8.33. The summed E-state index contributed by atoms with van der Waals surface area (Å²) in [6.07, 6.45) is 3.93. The molecule has 0 saturated carbocycles. The minimum absolute atomic E-state index is 0.732. The van der Waals surface area contributed by atoms with Crippen LogP contribution in [0.1, 0.15) is 11.1 Å². The van der Waals surface area contributed by atoms with Gasteiger partial charge in [-0.05, 0) is 24.1 Å². The van der Waals surface area contributed by atoms with Gasteiger partial charge >= 0.3 is 0 Å². The maximum absolute atomic E-state index is 5.22. The van der Waals surface area contributed by atoms with Crippen molar-refractivity contribution in [3.63, 3.8) is 0 Å². The number of nitrogens with zero attached hydrogens (tertiary/aromatic N) is 1. The Labute approximate surface area is 83.4 Å². The number of rotatable bonds is 2. The molecule has 0 aromatic heterocycles. The van der Waals surface area contributed by atoms with Gasteiger partial charge in [-0.1, -0.05) is 0 Å². The van der Waals surface area contributed by atoms with Gasteiger partial charge in [-0.25, -0.2) is 0 Å². The summed E-state index contributed by atoms with van der Waals surface area (Å²) < 4.78 is 10.4. The standard InChI is InChI=1S/C11H12NO2/c1-13-10-5-8-3-4-12-7-9(8)6-11(10)14-2/h5-6H,3-4H2,1-2H3. The lowest BCUT2D eigenvalue weighted by atomic mass is 10.0. The molecule has 1 aliphatic heterocycles. The van der Waals surface area contributed by atoms with Crippen molar-refractivity contribution in [3.8, 4) is 11.5 Å². The van der Waals surface area contributed by atoms with Crippen LogP contribution in [-0.4, -0.2) is 27.0 Å². The number of aliphatic imine (C=N–C) groups is 1. The highest BCUT2D eigenvalue weighted by Crippen LogP contribution is 2.30. The fourth-order valence-corrected chi connectivity index (χ4v) is 1.55. The Morgan fingerprint density at radius 3 is 2.64 bits per heavy atom. The van der Waals surface area contributed by atoms with Gasteiger partial charge in [-0.2, -0.15) is 0 Å². The minimum atomic E-state index is 0.732. The quantitative estimate of drug-likeness (QED) is 0.708. The largest absolute Gasteiger partial charge is 0.493 e. The highest BCUT2D eigenvalue weighted by molar-refractivity contribution is 5.84. The molecule has 0 fully saturated rings. The third kappa shape index (κ3) is 1.45. The van der Waals surface area contributed by atoms with Gasteiger partial charge in [0.2, 0.25) is 0 Å². The smallest absolute Gasteiger partial charge is 0.161 e. The first kappa shape index (κ1) is 9.06. The van der Waals surface area contributed by atoms with Crippen molar-refractivity contribution in [2.45, 2.75) is 6.42 Å². The summed E-state index contributed by atoms with van der Waals surface area (Å²) in [5.41, 5.74) is 2.23. The van der Waals surface area contributed by atoms with Crippen LogP contribution in [0.25, 0.3) is 0 Å². The van der Waals surface area contributed by atoms with Crippen molar-refractivity contribution >= 4 is 6.21 Å². The van der Waals surface area contributed by atoms with Crippen molar-refractivity contribution in [1.29, 1.82) is 0 Å². The summed E-state index contributed by atoms with van der Waals surface area (Å²) in [5.74, 6) is 1.51. The minimum Gasteiger partial charge on any atom is -0.493 e. The second kappa shape index (κ2) is 3.70. The van der Waals surface area contributed by atoms with Crippen LogP contribution in [0.2, 0.25) is 0 Å². The van der Waals surface area contributed by atoms with Crippen LogP contribution in [0.5, 0.6) is 11.5 Å².